The molecule has 0 aliphatic heterocycles. The minimum absolute atomic E-state index is 0.119. The van der Waals surface area contributed by atoms with Crippen molar-refractivity contribution >= 4 is 46.4 Å². The predicted molar refractivity (Wildman–Crippen MR) is 92.7 cm³/mol. The molecule has 0 aliphatic rings. The van der Waals surface area contributed by atoms with Crippen LogP contribution in [0.1, 0.15) is 15.9 Å². The number of aryl methyl sites for hydroxylation is 1. The number of amides is 1. The Hall–Kier alpha value is -1.49. The monoisotopic (exact) mass is 374 g/mol. The summed E-state index contributed by atoms with van der Waals surface area (Å²) in [6.45, 7) is 1.86. The minimum Gasteiger partial charge on any atom is -0.359 e. The van der Waals surface area contributed by atoms with Gasteiger partial charge in [-0.15, -0.1) is 0 Å². The Labute approximate surface area is 148 Å². The molecule has 2 N–H and O–H groups in total. The molecule has 1 amide bonds. The summed E-state index contributed by atoms with van der Waals surface area (Å²) in [5.74, 6) is -0.953. The fourth-order valence-electron chi connectivity index (χ4n) is 1.93. The molecule has 2 aromatic rings. The van der Waals surface area contributed by atoms with Gasteiger partial charge in [0.25, 0.3) is 5.91 Å². The van der Waals surface area contributed by atoms with Crippen molar-refractivity contribution < 1.29 is 9.18 Å². The van der Waals surface area contributed by atoms with E-state index in [9.17, 15) is 9.18 Å². The number of nitrogens with one attached hydrogen (secondary N) is 2. The predicted octanol–water partition coefficient (Wildman–Crippen LogP) is 4.67. The fraction of sp³-hybridized carbons (Fsp3) is 0.188. The second kappa shape index (κ2) is 7.39. The van der Waals surface area contributed by atoms with Crippen LogP contribution in [0.4, 0.5) is 10.1 Å². The molecule has 23 heavy (non-hydrogen) atoms. The third kappa shape index (κ3) is 4.99. The molecule has 2 rings (SSSR count). The largest absolute Gasteiger partial charge is 0.359 e. The van der Waals surface area contributed by atoms with E-state index in [1.807, 2.05) is 13.0 Å². The zero-order chi connectivity index (χ0) is 17.0. The smallest absolute Gasteiger partial charge is 0.252 e. The lowest BCUT2D eigenvalue weighted by Crippen LogP contribution is -2.49. The highest BCUT2D eigenvalue weighted by Gasteiger charge is 2.34. The van der Waals surface area contributed by atoms with Crippen LogP contribution in [0.15, 0.2) is 48.5 Å². The summed E-state index contributed by atoms with van der Waals surface area (Å²) in [5.41, 5.74) is 1.46. The van der Waals surface area contributed by atoms with Gasteiger partial charge in [-0.2, -0.15) is 0 Å². The summed E-state index contributed by atoms with van der Waals surface area (Å²) in [6, 6.07) is 12.9. The van der Waals surface area contributed by atoms with Gasteiger partial charge in [0.2, 0.25) is 3.79 Å². The number of para-hydroxylation sites is 1. The van der Waals surface area contributed by atoms with Gasteiger partial charge >= 0.3 is 0 Å². The summed E-state index contributed by atoms with van der Waals surface area (Å²) in [4.78, 5) is 12.3. The third-order valence-corrected chi connectivity index (χ3v) is 3.71. The van der Waals surface area contributed by atoms with Crippen molar-refractivity contribution in [2.75, 3.05) is 5.32 Å². The maximum absolute atomic E-state index is 13.7. The molecule has 7 heteroatoms. The molecule has 0 heterocycles. The molecule has 1 unspecified atom stereocenters. The molecule has 0 saturated carbocycles. The van der Waals surface area contributed by atoms with E-state index in [0.717, 1.165) is 5.56 Å². The quantitative estimate of drug-likeness (QED) is 0.602. The van der Waals surface area contributed by atoms with Gasteiger partial charge in [-0.1, -0.05) is 64.6 Å². The number of benzene rings is 2. The molecule has 0 bridgehead atoms. The van der Waals surface area contributed by atoms with Crippen LogP contribution in [-0.4, -0.2) is 15.9 Å². The second-order valence-electron chi connectivity index (χ2n) is 4.94. The van der Waals surface area contributed by atoms with E-state index in [0.29, 0.717) is 5.56 Å². The Kier molecular flexibility index (Phi) is 5.74. The van der Waals surface area contributed by atoms with Crippen LogP contribution in [0.2, 0.25) is 0 Å². The van der Waals surface area contributed by atoms with Gasteiger partial charge in [-0.05, 0) is 31.2 Å². The lowest BCUT2D eigenvalue weighted by molar-refractivity contribution is 0.0941. The van der Waals surface area contributed by atoms with Crippen LogP contribution in [0.25, 0.3) is 0 Å². The minimum atomic E-state index is -1.87. The van der Waals surface area contributed by atoms with Gasteiger partial charge in [0.05, 0.1) is 5.69 Å². The molecule has 0 radical (unpaired) electrons. The van der Waals surface area contributed by atoms with Crippen LogP contribution < -0.4 is 10.6 Å². The van der Waals surface area contributed by atoms with Crippen molar-refractivity contribution in [3.05, 3.63) is 65.5 Å². The summed E-state index contributed by atoms with van der Waals surface area (Å²) in [5, 5.41) is 5.26. The number of rotatable bonds is 4. The second-order valence-corrected chi connectivity index (χ2v) is 7.31. The molecular formula is C16H14Cl3FN2O. The van der Waals surface area contributed by atoms with Crippen molar-refractivity contribution in [2.24, 2.45) is 0 Å². The lowest BCUT2D eigenvalue weighted by atomic mass is 10.1. The molecular weight excluding hydrogens is 362 g/mol. The van der Waals surface area contributed by atoms with Crippen LogP contribution in [0, 0.1) is 12.7 Å². The molecule has 0 aliphatic carbocycles. The maximum atomic E-state index is 13.7. The average molecular weight is 376 g/mol. The Bertz CT molecular complexity index is 704. The van der Waals surface area contributed by atoms with Crippen LogP contribution in [-0.2, 0) is 0 Å². The highest BCUT2D eigenvalue weighted by atomic mass is 35.6. The number of hydrogen-bond donors (Lipinski definition) is 2. The normalized spacial score (nSPS) is 12.6. The maximum Gasteiger partial charge on any atom is 0.252 e. The Balaban J connectivity index is 2.20. The summed E-state index contributed by atoms with van der Waals surface area (Å²) >= 11 is 17.7. The van der Waals surface area contributed by atoms with E-state index in [2.05, 4.69) is 10.6 Å². The molecule has 2 aromatic carbocycles. The van der Waals surface area contributed by atoms with E-state index in [1.165, 1.54) is 18.2 Å². The van der Waals surface area contributed by atoms with E-state index >= 15 is 0 Å². The number of anilines is 1. The molecule has 0 saturated heterocycles. The average Bonchev–Trinajstić information content (AvgIpc) is 2.47. The van der Waals surface area contributed by atoms with Crippen molar-refractivity contribution in [1.82, 2.24) is 5.32 Å². The zero-order valence-electron chi connectivity index (χ0n) is 12.1. The fourth-order valence-corrected chi connectivity index (χ4v) is 2.26. The SMILES string of the molecule is Cc1cccc(C(=O)NC(Nc2ccccc2F)C(Cl)(Cl)Cl)c1. The third-order valence-electron chi connectivity index (χ3n) is 3.06. The Morgan fingerprint density at radius 2 is 1.83 bits per heavy atom. The van der Waals surface area contributed by atoms with Crippen LogP contribution >= 0.6 is 34.8 Å². The Morgan fingerprint density at radius 1 is 1.13 bits per heavy atom. The van der Waals surface area contributed by atoms with E-state index in [4.69, 9.17) is 34.8 Å². The summed E-state index contributed by atoms with van der Waals surface area (Å²) < 4.78 is 11.9. The lowest BCUT2D eigenvalue weighted by Gasteiger charge is -2.27. The van der Waals surface area contributed by atoms with Crippen LogP contribution in [0.3, 0.4) is 0 Å². The van der Waals surface area contributed by atoms with E-state index in [-0.39, 0.29) is 5.69 Å². The molecule has 1 atom stereocenters. The first kappa shape index (κ1) is 17.9. The molecule has 122 valence electrons. The van der Waals surface area contributed by atoms with Crippen molar-refractivity contribution in [3.8, 4) is 0 Å². The molecule has 0 spiro atoms. The summed E-state index contributed by atoms with van der Waals surface area (Å²) in [7, 11) is 0. The zero-order valence-corrected chi connectivity index (χ0v) is 14.4. The van der Waals surface area contributed by atoms with Gasteiger partial charge in [0, 0.05) is 5.56 Å². The van der Waals surface area contributed by atoms with Crippen LogP contribution in [0.5, 0.6) is 0 Å². The highest BCUT2D eigenvalue weighted by molar-refractivity contribution is 6.68. The number of carbonyl (C=O) groups excluding carboxylic acids is 1. The topological polar surface area (TPSA) is 41.1 Å². The number of carbonyl (C=O) groups is 1. The van der Waals surface area contributed by atoms with Crippen molar-refractivity contribution in [1.29, 1.82) is 0 Å². The van der Waals surface area contributed by atoms with Gasteiger partial charge in [0.15, 0.2) is 0 Å². The first-order valence-electron chi connectivity index (χ1n) is 6.72. The number of hydrogen-bond acceptors (Lipinski definition) is 2. The highest BCUT2D eigenvalue weighted by Crippen LogP contribution is 2.31. The Morgan fingerprint density at radius 3 is 2.43 bits per heavy atom. The van der Waals surface area contributed by atoms with Gasteiger partial charge in [-0.25, -0.2) is 4.39 Å². The molecule has 3 nitrogen and oxygen atoms in total. The number of halogens is 4. The van der Waals surface area contributed by atoms with E-state index in [1.54, 1.807) is 24.3 Å². The van der Waals surface area contributed by atoms with Gasteiger partial charge in [-0.3, -0.25) is 4.79 Å². The first-order valence-corrected chi connectivity index (χ1v) is 7.86. The van der Waals surface area contributed by atoms with Gasteiger partial charge < -0.3 is 10.6 Å². The molecule has 0 fully saturated rings. The first-order chi connectivity index (χ1) is 10.8. The van der Waals surface area contributed by atoms with Crippen molar-refractivity contribution in [2.45, 2.75) is 16.9 Å². The van der Waals surface area contributed by atoms with Gasteiger partial charge in [0.1, 0.15) is 12.0 Å². The van der Waals surface area contributed by atoms with Crippen molar-refractivity contribution in [3.63, 3.8) is 0 Å². The number of alkyl halides is 3. The van der Waals surface area contributed by atoms with E-state index < -0.39 is 21.7 Å². The standard InChI is InChI=1S/C16H14Cl3FN2O/c1-10-5-4-6-11(9-10)14(23)22-15(16(17,18)19)21-13-8-3-2-7-12(13)20/h2-9,15,21H,1H3,(H,22,23). The summed E-state index contributed by atoms with van der Waals surface area (Å²) in [6.07, 6.45) is -1.11. The molecule has 0 aromatic heterocycles.